The summed E-state index contributed by atoms with van der Waals surface area (Å²) in [5.74, 6) is 0. The molecule has 4 heterocycles. The molecule has 18 nitrogen and oxygen atoms in total. The maximum Gasteiger partial charge on any atom is 0.331 e. The fourth-order valence-corrected chi connectivity index (χ4v) is 10.9. The van der Waals surface area contributed by atoms with Gasteiger partial charge >= 0.3 is 22.8 Å². The summed E-state index contributed by atoms with van der Waals surface area (Å²) in [6.45, 7) is 15.8. The van der Waals surface area contributed by atoms with Gasteiger partial charge in [-0.05, 0) is 34.1 Å². The zero-order chi connectivity index (χ0) is 39.2. The van der Waals surface area contributed by atoms with Crippen molar-refractivity contribution in [3.63, 3.8) is 0 Å². The van der Waals surface area contributed by atoms with Crippen molar-refractivity contribution in [1.82, 2.24) is 0 Å². The van der Waals surface area contributed by atoms with Crippen LogP contribution in [-0.2, 0) is 51.0 Å². The van der Waals surface area contributed by atoms with E-state index in [1.807, 2.05) is 27.7 Å². The summed E-state index contributed by atoms with van der Waals surface area (Å²) < 4.78 is 83.5. The highest BCUT2D eigenvalue weighted by molar-refractivity contribution is 7.53. The van der Waals surface area contributed by atoms with E-state index in [0.717, 1.165) is 0 Å². The lowest BCUT2D eigenvalue weighted by Gasteiger charge is -2.29. The number of aliphatic hydroxyl groups excluding tert-OH is 4. The Kier molecular flexibility index (Phi) is 18.3. The molecule has 21 heteroatoms. The second kappa shape index (κ2) is 19.8. The predicted molar refractivity (Wildman–Crippen MR) is 184 cm³/mol. The second-order valence-electron chi connectivity index (χ2n) is 12.8. The molecule has 4 aliphatic heterocycles. The number of rotatable bonds is 14. The van der Waals surface area contributed by atoms with Crippen molar-refractivity contribution in [3.05, 3.63) is 0 Å². The van der Waals surface area contributed by atoms with E-state index in [1.165, 1.54) is 21.0 Å². The summed E-state index contributed by atoms with van der Waals surface area (Å²) in [5.41, 5.74) is 0. The van der Waals surface area contributed by atoms with Crippen LogP contribution < -0.4 is 0 Å². The van der Waals surface area contributed by atoms with Gasteiger partial charge in [0.15, 0.2) is 0 Å². The minimum absolute atomic E-state index is 0.387. The molecule has 0 aromatic rings. The lowest BCUT2D eigenvalue weighted by atomic mass is 10.1. The van der Waals surface area contributed by atoms with E-state index in [-0.39, 0.29) is 0 Å². The van der Waals surface area contributed by atoms with Crippen LogP contribution in [-0.4, -0.2) is 158 Å². The van der Waals surface area contributed by atoms with Crippen LogP contribution in [0.5, 0.6) is 0 Å². The second-order valence-corrected chi connectivity index (χ2v) is 18.3. The van der Waals surface area contributed by atoms with Gasteiger partial charge in [-0.3, -0.25) is 27.3 Å². The Morgan fingerprint density at radius 2 is 0.725 bits per heavy atom. The average molecular weight is 803 g/mol. The molecule has 0 aromatic heterocycles. The molecular formula is C30H61O18P3. The highest BCUT2D eigenvalue weighted by Gasteiger charge is 2.54. The van der Waals surface area contributed by atoms with Gasteiger partial charge in [0.1, 0.15) is 48.8 Å². The molecule has 0 saturated carbocycles. The minimum atomic E-state index is -4.81. The van der Waals surface area contributed by atoms with Crippen LogP contribution in [0.2, 0.25) is 0 Å². The van der Waals surface area contributed by atoms with Crippen LogP contribution in [0.3, 0.4) is 0 Å². The standard InChI is InChI=1S/C26H49O18P3.2C2H6/c1-7-15-24(20(28)12(3)38-15)42-46(33,34)9-17-26(22(30)14(5)40-17)44-47(35,36)10-18-25(21(29)13(4)41-18)43-45(31,32)8-16-23(37-6)19(27)11(2)39-16;2*1-2/h11-30H,7-10H2,1-6H3,(H,31,32)(H,33,34)(H,35,36);2*1-2H3/t11-,12-,13-,14-,15+,16+,17+,18+,19+,20+,21+,22+,23?,24?,25?,26?;;/m0../s1. The largest absolute Gasteiger partial charge is 0.388 e. The molecule has 0 amide bonds. The van der Waals surface area contributed by atoms with Crippen LogP contribution in [0, 0.1) is 0 Å². The van der Waals surface area contributed by atoms with Crippen molar-refractivity contribution < 1.29 is 86.1 Å². The van der Waals surface area contributed by atoms with Gasteiger partial charge in [0.2, 0.25) is 0 Å². The third-order valence-corrected chi connectivity index (χ3v) is 13.2. The number of methoxy groups -OCH3 is 1. The van der Waals surface area contributed by atoms with E-state index in [1.54, 1.807) is 20.8 Å². The lowest BCUT2D eigenvalue weighted by Crippen LogP contribution is -2.39. The van der Waals surface area contributed by atoms with Gasteiger partial charge in [0.25, 0.3) is 0 Å². The van der Waals surface area contributed by atoms with E-state index in [4.69, 9.17) is 37.3 Å². The Balaban J connectivity index is 0.00000217. The van der Waals surface area contributed by atoms with Crippen molar-refractivity contribution in [2.45, 2.75) is 166 Å². The summed E-state index contributed by atoms with van der Waals surface area (Å²) >= 11 is 0. The van der Waals surface area contributed by atoms with E-state index in [2.05, 4.69) is 0 Å². The van der Waals surface area contributed by atoms with Crippen molar-refractivity contribution in [2.75, 3.05) is 25.6 Å². The monoisotopic (exact) mass is 802 g/mol. The quantitative estimate of drug-likeness (QED) is 0.123. The summed E-state index contributed by atoms with van der Waals surface area (Å²) in [6.07, 6.45) is -20.2. The zero-order valence-corrected chi connectivity index (χ0v) is 33.7. The number of aliphatic hydroxyl groups is 4. The number of hydrogen-bond donors (Lipinski definition) is 7. The van der Waals surface area contributed by atoms with E-state index in [9.17, 15) is 48.8 Å². The minimum Gasteiger partial charge on any atom is -0.388 e. The van der Waals surface area contributed by atoms with Gasteiger partial charge in [0.05, 0.1) is 67.3 Å². The molecule has 0 aromatic carbocycles. The first-order valence-electron chi connectivity index (χ1n) is 17.6. The molecule has 0 radical (unpaired) electrons. The van der Waals surface area contributed by atoms with Crippen LogP contribution in [0.1, 0.15) is 68.7 Å². The van der Waals surface area contributed by atoms with Crippen molar-refractivity contribution >= 4 is 22.8 Å². The van der Waals surface area contributed by atoms with Gasteiger partial charge in [-0.2, -0.15) is 0 Å². The summed E-state index contributed by atoms with van der Waals surface area (Å²) in [4.78, 5) is 32.3. The molecular weight excluding hydrogens is 741 g/mol. The number of ether oxygens (including phenoxy) is 5. The molecule has 7 N–H and O–H groups in total. The molecule has 4 fully saturated rings. The Morgan fingerprint density at radius 3 is 1.00 bits per heavy atom. The summed E-state index contributed by atoms with van der Waals surface area (Å²) in [6, 6.07) is 0. The van der Waals surface area contributed by atoms with E-state index >= 15 is 0 Å². The first-order valence-corrected chi connectivity index (χ1v) is 22.9. The Morgan fingerprint density at radius 1 is 0.490 bits per heavy atom. The smallest absolute Gasteiger partial charge is 0.331 e. The maximum atomic E-state index is 13.4. The first-order chi connectivity index (χ1) is 23.7. The molecule has 19 atom stereocenters. The third-order valence-electron chi connectivity index (χ3n) is 9.06. The molecule has 304 valence electrons. The predicted octanol–water partition coefficient (Wildman–Crippen LogP) is 1.77. The summed E-state index contributed by atoms with van der Waals surface area (Å²) in [5, 5.41) is 42.1. The highest BCUT2D eigenvalue weighted by atomic mass is 31.2. The van der Waals surface area contributed by atoms with E-state index < -0.39 is 139 Å². The van der Waals surface area contributed by atoms with E-state index in [0.29, 0.717) is 6.42 Å². The fraction of sp³-hybridized carbons (Fsp3) is 1.00. The molecule has 0 aliphatic carbocycles. The van der Waals surface area contributed by atoms with Gasteiger partial charge in [-0.15, -0.1) is 0 Å². The van der Waals surface area contributed by atoms with Crippen molar-refractivity contribution in [1.29, 1.82) is 0 Å². The normalized spacial score (nSPS) is 44.4. The summed E-state index contributed by atoms with van der Waals surface area (Å²) in [7, 11) is -12.7. The van der Waals surface area contributed by atoms with Crippen molar-refractivity contribution in [2.24, 2.45) is 0 Å². The molecule has 4 rings (SSSR count). The Bertz CT molecular complexity index is 1210. The molecule has 0 bridgehead atoms. The topological polar surface area (TPSA) is 267 Å². The molecule has 0 spiro atoms. The molecule has 51 heavy (non-hydrogen) atoms. The van der Waals surface area contributed by atoms with Gasteiger partial charge < -0.3 is 58.8 Å². The highest BCUT2D eigenvalue weighted by Crippen LogP contribution is 2.54. The lowest BCUT2D eigenvalue weighted by molar-refractivity contribution is -0.00687. The Hall–Kier alpha value is 0.0900. The first kappa shape index (κ1) is 47.2. The van der Waals surface area contributed by atoms with Gasteiger partial charge in [-0.25, -0.2) is 0 Å². The maximum absolute atomic E-state index is 13.4. The van der Waals surface area contributed by atoms with Gasteiger partial charge in [-0.1, -0.05) is 34.6 Å². The van der Waals surface area contributed by atoms with Crippen LogP contribution in [0.25, 0.3) is 0 Å². The van der Waals surface area contributed by atoms with Crippen LogP contribution in [0.4, 0.5) is 0 Å². The third kappa shape index (κ3) is 12.0. The Labute approximate surface area is 300 Å². The van der Waals surface area contributed by atoms with Crippen LogP contribution >= 0.6 is 22.8 Å². The van der Waals surface area contributed by atoms with Crippen LogP contribution in [0.15, 0.2) is 0 Å². The molecule has 4 aliphatic rings. The molecule has 4 saturated heterocycles. The SMILES string of the molecule is CC.CC.CC[C@H]1O[C@@H](C)[C@@H](O)C1OP(=O)(O)C[C@H]1O[C@@H](C)[C@@H](O)C1OP(=O)(O)C[C@H]1O[C@@H](C)[C@@H](O)C1OP(=O)(O)C[C@H]1O[C@@H](C)[C@@H](O)C1OC. The van der Waals surface area contributed by atoms with Gasteiger partial charge in [0, 0.05) is 7.11 Å². The number of hydrogen-bond acceptors (Lipinski definition) is 15. The molecule has 7 unspecified atom stereocenters. The fourth-order valence-electron chi connectivity index (χ4n) is 6.52. The average Bonchev–Trinajstić information content (AvgIpc) is 3.67. The zero-order valence-electron chi connectivity index (χ0n) is 31.0. The van der Waals surface area contributed by atoms with Crippen molar-refractivity contribution in [3.8, 4) is 0 Å².